The Labute approximate surface area is 137 Å². The first-order chi connectivity index (χ1) is 10.9. The van der Waals surface area contributed by atoms with E-state index < -0.39 is 18.1 Å². The molecule has 1 aromatic rings. The molecule has 0 bridgehead atoms. The van der Waals surface area contributed by atoms with Crippen molar-refractivity contribution in [1.82, 2.24) is 5.32 Å². The highest BCUT2D eigenvalue weighted by Crippen LogP contribution is 2.10. The third kappa shape index (κ3) is 7.65. The number of hydrogen-bond donors (Lipinski definition) is 2. The summed E-state index contributed by atoms with van der Waals surface area (Å²) in [4.78, 5) is 23.4. The van der Waals surface area contributed by atoms with Crippen LogP contribution in [0.1, 0.15) is 32.3 Å². The van der Waals surface area contributed by atoms with Crippen LogP contribution in [0.15, 0.2) is 30.3 Å². The van der Waals surface area contributed by atoms with Crippen LogP contribution in [-0.4, -0.2) is 31.3 Å². The molecule has 0 fully saturated rings. The summed E-state index contributed by atoms with van der Waals surface area (Å²) in [5, 5.41) is 2.67. The zero-order valence-corrected chi connectivity index (χ0v) is 14.0. The van der Waals surface area contributed by atoms with Gasteiger partial charge in [0.25, 0.3) is 0 Å². The summed E-state index contributed by atoms with van der Waals surface area (Å²) in [5.41, 5.74) is 6.99. The van der Waals surface area contributed by atoms with Crippen molar-refractivity contribution in [1.29, 1.82) is 0 Å². The number of ether oxygens (including phenoxy) is 2. The topological polar surface area (TPSA) is 90.6 Å². The van der Waals surface area contributed by atoms with Crippen molar-refractivity contribution in [2.45, 2.75) is 45.4 Å². The number of alkyl carbamates (subject to hydrolysis) is 1. The fourth-order valence-electron chi connectivity index (χ4n) is 2.20. The summed E-state index contributed by atoms with van der Waals surface area (Å²) in [7, 11) is 1.31. The second-order valence-corrected chi connectivity index (χ2v) is 5.89. The van der Waals surface area contributed by atoms with Crippen molar-refractivity contribution in [3.05, 3.63) is 35.9 Å². The van der Waals surface area contributed by atoms with Gasteiger partial charge >= 0.3 is 12.1 Å². The number of nitrogens with two attached hydrogens (primary N) is 1. The van der Waals surface area contributed by atoms with E-state index in [1.54, 1.807) is 0 Å². The molecule has 0 aliphatic rings. The predicted molar refractivity (Wildman–Crippen MR) is 87.6 cm³/mol. The smallest absolute Gasteiger partial charge is 0.407 e. The average Bonchev–Trinajstić information content (AvgIpc) is 2.52. The highest BCUT2D eigenvalue weighted by atomic mass is 16.5. The van der Waals surface area contributed by atoms with Gasteiger partial charge in [0.15, 0.2) is 0 Å². The van der Waals surface area contributed by atoms with Crippen molar-refractivity contribution >= 4 is 12.1 Å². The number of rotatable bonds is 8. The van der Waals surface area contributed by atoms with E-state index in [-0.39, 0.29) is 19.1 Å². The average molecular weight is 322 g/mol. The summed E-state index contributed by atoms with van der Waals surface area (Å²) in [6.07, 6.45) is 0.104. The normalized spacial score (nSPS) is 13.3. The molecule has 0 radical (unpaired) electrons. The summed E-state index contributed by atoms with van der Waals surface area (Å²) >= 11 is 0. The second kappa shape index (κ2) is 9.84. The molecule has 128 valence electrons. The lowest BCUT2D eigenvalue weighted by Crippen LogP contribution is -2.49. The third-order valence-corrected chi connectivity index (χ3v) is 3.39. The van der Waals surface area contributed by atoms with Gasteiger partial charge in [0.2, 0.25) is 0 Å². The molecule has 2 atom stereocenters. The molecule has 0 aliphatic heterocycles. The number of hydrogen-bond acceptors (Lipinski definition) is 5. The molecule has 0 unspecified atom stereocenters. The number of methoxy groups -OCH3 is 1. The Morgan fingerprint density at radius 2 is 1.87 bits per heavy atom. The van der Waals surface area contributed by atoms with Gasteiger partial charge in [0.1, 0.15) is 6.61 Å². The van der Waals surface area contributed by atoms with E-state index >= 15 is 0 Å². The van der Waals surface area contributed by atoms with Crippen molar-refractivity contribution in [3.8, 4) is 0 Å². The van der Waals surface area contributed by atoms with E-state index in [0.717, 1.165) is 5.56 Å². The van der Waals surface area contributed by atoms with Crippen LogP contribution in [-0.2, 0) is 20.9 Å². The van der Waals surface area contributed by atoms with E-state index in [2.05, 4.69) is 10.1 Å². The number of esters is 1. The van der Waals surface area contributed by atoms with Gasteiger partial charge in [-0.1, -0.05) is 44.2 Å². The molecule has 6 heteroatoms. The van der Waals surface area contributed by atoms with Gasteiger partial charge in [0.05, 0.1) is 19.6 Å². The van der Waals surface area contributed by atoms with Gasteiger partial charge < -0.3 is 20.5 Å². The minimum atomic E-state index is -0.595. The first-order valence-electron chi connectivity index (χ1n) is 7.72. The van der Waals surface area contributed by atoms with Crippen LogP contribution in [0.3, 0.4) is 0 Å². The lowest BCUT2D eigenvalue weighted by Gasteiger charge is -2.25. The standard InChI is InChI=1S/C17H26N2O4/c1-12(2)9-14(18)15(10-16(20)22-3)19-17(21)23-11-13-7-5-4-6-8-13/h4-8,12,14-15H,9-11,18H2,1-3H3,(H,19,21)/t14-,15-/m0/s1. The number of nitrogens with one attached hydrogen (secondary N) is 1. The molecule has 0 spiro atoms. The Morgan fingerprint density at radius 1 is 1.22 bits per heavy atom. The zero-order chi connectivity index (χ0) is 17.2. The monoisotopic (exact) mass is 322 g/mol. The molecular weight excluding hydrogens is 296 g/mol. The summed E-state index contributed by atoms with van der Waals surface area (Å²) in [6, 6.07) is 8.49. The van der Waals surface area contributed by atoms with E-state index in [0.29, 0.717) is 12.3 Å². The molecule has 1 rings (SSSR count). The van der Waals surface area contributed by atoms with Crippen molar-refractivity contribution in [3.63, 3.8) is 0 Å². The van der Waals surface area contributed by atoms with Crippen LogP contribution in [0.4, 0.5) is 4.79 Å². The van der Waals surface area contributed by atoms with E-state index in [1.165, 1.54) is 7.11 Å². The quantitative estimate of drug-likeness (QED) is 0.716. The van der Waals surface area contributed by atoms with E-state index in [4.69, 9.17) is 10.5 Å². The van der Waals surface area contributed by atoms with Gasteiger partial charge in [-0.25, -0.2) is 4.79 Å². The predicted octanol–water partition coefficient (Wildman–Crippen LogP) is 2.22. The summed E-state index contributed by atoms with van der Waals surface area (Å²) in [6.45, 7) is 4.22. The fourth-order valence-corrected chi connectivity index (χ4v) is 2.20. The van der Waals surface area contributed by atoms with Crippen molar-refractivity contribution in [2.75, 3.05) is 7.11 Å². The Bertz CT molecular complexity index is 491. The number of carbonyl (C=O) groups is 2. The lowest BCUT2D eigenvalue weighted by molar-refractivity contribution is -0.141. The molecular formula is C17H26N2O4. The number of amides is 1. The molecule has 23 heavy (non-hydrogen) atoms. The lowest BCUT2D eigenvalue weighted by atomic mass is 9.96. The maximum absolute atomic E-state index is 11.9. The Kier molecular flexibility index (Phi) is 8.11. The minimum absolute atomic E-state index is 0.0187. The Balaban J connectivity index is 2.56. The molecule has 3 N–H and O–H groups in total. The Morgan fingerprint density at radius 3 is 2.43 bits per heavy atom. The summed E-state index contributed by atoms with van der Waals surface area (Å²) < 4.78 is 9.83. The van der Waals surface area contributed by atoms with Gasteiger partial charge in [0, 0.05) is 6.04 Å². The molecule has 0 saturated heterocycles. The largest absolute Gasteiger partial charge is 0.469 e. The van der Waals surface area contributed by atoms with Crippen LogP contribution in [0.2, 0.25) is 0 Å². The van der Waals surface area contributed by atoms with Crippen molar-refractivity contribution in [2.24, 2.45) is 11.7 Å². The number of carbonyl (C=O) groups excluding carboxylic acids is 2. The van der Waals surface area contributed by atoms with Crippen LogP contribution >= 0.6 is 0 Å². The van der Waals surface area contributed by atoms with Gasteiger partial charge in [-0.3, -0.25) is 4.79 Å². The highest BCUT2D eigenvalue weighted by molar-refractivity contribution is 5.72. The van der Waals surface area contributed by atoms with E-state index in [1.807, 2.05) is 44.2 Å². The van der Waals surface area contributed by atoms with E-state index in [9.17, 15) is 9.59 Å². The Hall–Kier alpha value is -2.08. The molecule has 0 saturated carbocycles. The van der Waals surface area contributed by atoms with Gasteiger partial charge in [-0.05, 0) is 17.9 Å². The molecule has 0 heterocycles. The molecule has 0 aliphatic carbocycles. The first kappa shape index (κ1) is 19.0. The minimum Gasteiger partial charge on any atom is -0.469 e. The van der Waals surface area contributed by atoms with Crippen molar-refractivity contribution < 1.29 is 19.1 Å². The van der Waals surface area contributed by atoms with Gasteiger partial charge in [-0.2, -0.15) is 0 Å². The highest BCUT2D eigenvalue weighted by Gasteiger charge is 2.24. The second-order valence-electron chi connectivity index (χ2n) is 5.89. The molecule has 1 amide bonds. The molecule has 1 aromatic carbocycles. The van der Waals surface area contributed by atoms with Crippen LogP contribution in [0, 0.1) is 5.92 Å². The van der Waals surface area contributed by atoms with Crippen LogP contribution in [0.5, 0.6) is 0 Å². The maximum Gasteiger partial charge on any atom is 0.407 e. The van der Waals surface area contributed by atoms with Gasteiger partial charge in [-0.15, -0.1) is 0 Å². The molecule has 6 nitrogen and oxygen atoms in total. The van der Waals surface area contributed by atoms with Crippen LogP contribution in [0.25, 0.3) is 0 Å². The zero-order valence-electron chi connectivity index (χ0n) is 14.0. The fraction of sp³-hybridized carbons (Fsp3) is 0.529. The van der Waals surface area contributed by atoms with Crippen LogP contribution < -0.4 is 11.1 Å². The third-order valence-electron chi connectivity index (χ3n) is 3.39. The maximum atomic E-state index is 11.9. The number of benzene rings is 1. The first-order valence-corrected chi connectivity index (χ1v) is 7.72. The summed E-state index contributed by atoms with van der Waals surface area (Å²) in [5.74, 6) is -0.0650. The molecule has 0 aromatic heterocycles. The SMILES string of the molecule is COC(=O)C[C@H](NC(=O)OCc1ccccc1)[C@@H](N)CC(C)C.